The maximum Gasteiger partial charge on any atom is 0.501 e. The number of amides is 2. The molecule has 2 aromatic rings. The number of benzene rings is 1. The summed E-state index contributed by atoms with van der Waals surface area (Å²) in [6, 6.07) is 5.24. The summed E-state index contributed by atoms with van der Waals surface area (Å²) in [5.41, 5.74) is -5.20. The first-order chi connectivity index (χ1) is 18.8. The molecular weight excluding hydrogens is 549 g/mol. The largest absolute Gasteiger partial charge is 0.501 e. The number of alkyl halides is 3. The highest BCUT2D eigenvalue weighted by atomic mass is 32.2. The molecule has 2 aliphatic carbocycles. The molecule has 0 radical (unpaired) electrons. The van der Waals surface area contributed by atoms with Gasteiger partial charge < -0.3 is 14.9 Å². The average molecular weight is 581 g/mol. The summed E-state index contributed by atoms with van der Waals surface area (Å²) in [5.74, 6) is 0.519. The molecular formula is C26H31F3N6O4S. The molecule has 0 unspecified atom stereocenters. The summed E-state index contributed by atoms with van der Waals surface area (Å²) in [7, 11) is -5.35. The Balaban J connectivity index is 0.862. The van der Waals surface area contributed by atoms with Gasteiger partial charge in [0.15, 0.2) is 5.82 Å². The van der Waals surface area contributed by atoms with Gasteiger partial charge in [0.05, 0.1) is 10.9 Å². The van der Waals surface area contributed by atoms with Crippen LogP contribution in [-0.4, -0.2) is 93.8 Å². The zero-order chi connectivity index (χ0) is 28.1. The Bertz CT molecular complexity index is 1440. The van der Waals surface area contributed by atoms with Crippen LogP contribution in [0.2, 0.25) is 0 Å². The van der Waals surface area contributed by atoms with E-state index >= 15 is 0 Å². The fourth-order valence-corrected chi connectivity index (χ4v) is 7.74. The van der Waals surface area contributed by atoms with Gasteiger partial charge in [0.2, 0.25) is 0 Å². The molecule has 2 amide bonds. The van der Waals surface area contributed by atoms with Crippen LogP contribution >= 0.6 is 0 Å². The molecule has 0 bridgehead atoms. The van der Waals surface area contributed by atoms with Crippen LogP contribution in [0.15, 0.2) is 35.5 Å². The Hall–Kier alpha value is -2.71. The van der Waals surface area contributed by atoms with Crippen molar-refractivity contribution in [2.75, 3.05) is 39.3 Å². The minimum Gasteiger partial charge on any atom is -0.382 e. The molecule has 2 saturated carbocycles. The van der Waals surface area contributed by atoms with E-state index in [0.29, 0.717) is 25.5 Å². The topological polar surface area (TPSA) is 112 Å². The number of likely N-dealkylation sites (tertiary alicyclic amines) is 3. The van der Waals surface area contributed by atoms with Crippen molar-refractivity contribution in [2.24, 2.45) is 10.8 Å². The van der Waals surface area contributed by atoms with Gasteiger partial charge in [0.1, 0.15) is 11.9 Å². The van der Waals surface area contributed by atoms with Gasteiger partial charge in [-0.25, -0.2) is 22.9 Å². The number of carbonyl (C=O) groups is 1. The van der Waals surface area contributed by atoms with Gasteiger partial charge in [0.25, 0.3) is 9.84 Å². The molecule has 1 N–H and O–H groups in total. The fourth-order valence-electron chi connectivity index (χ4n) is 6.98. The van der Waals surface area contributed by atoms with E-state index in [1.54, 1.807) is 6.33 Å². The molecule has 1 aromatic heterocycles. The molecule has 216 valence electrons. The molecule has 0 atom stereocenters. The number of aliphatic hydroxyl groups is 1. The van der Waals surface area contributed by atoms with Crippen LogP contribution in [0.4, 0.5) is 18.0 Å². The number of hydrogen-bond acceptors (Lipinski definition) is 7. The van der Waals surface area contributed by atoms with E-state index in [0.717, 1.165) is 76.0 Å². The molecule has 5 aliphatic rings. The summed E-state index contributed by atoms with van der Waals surface area (Å²) >= 11 is 0. The van der Waals surface area contributed by atoms with Gasteiger partial charge >= 0.3 is 11.5 Å². The molecule has 4 heterocycles. The van der Waals surface area contributed by atoms with E-state index in [4.69, 9.17) is 0 Å². The third-order valence-electron chi connectivity index (χ3n) is 9.47. The van der Waals surface area contributed by atoms with E-state index in [9.17, 15) is 31.5 Å². The summed E-state index contributed by atoms with van der Waals surface area (Å²) in [6.07, 6.45) is 6.00. The Morgan fingerprint density at radius 2 is 1.60 bits per heavy atom. The molecule has 2 spiro atoms. The average Bonchev–Trinajstić information content (AvgIpc) is 3.22. The highest BCUT2D eigenvalue weighted by Gasteiger charge is 2.57. The molecule has 10 nitrogen and oxygen atoms in total. The summed E-state index contributed by atoms with van der Waals surface area (Å²) in [4.78, 5) is 22.6. The Labute approximate surface area is 229 Å². The van der Waals surface area contributed by atoms with Gasteiger partial charge in [0, 0.05) is 50.1 Å². The molecule has 5 fully saturated rings. The minimum absolute atomic E-state index is 0.0375. The predicted octanol–water partition coefficient (Wildman–Crippen LogP) is 2.52. The van der Waals surface area contributed by atoms with Crippen molar-refractivity contribution in [3.63, 3.8) is 0 Å². The Kier molecular flexibility index (Phi) is 5.51. The lowest BCUT2D eigenvalue weighted by atomic mass is 9.60. The lowest BCUT2D eigenvalue weighted by molar-refractivity contribution is -0.0843. The summed E-state index contributed by atoms with van der Waals surface area (Å²) < 4.78 is 63.4. The van der Waals surface area contributed by atoms with E-state index in [1.165, 1.54) is 12.1 Å². The number of rotatable bonds is 5. The van der Waals surface area contributed by atoms with E-state index < -0.39 is 25.8 Å². The van der Waals surface area contributed by atoms with Crippen molar-refractivity contribution in [3.05, 3.63) is 42.0 Å². The first-order valence-electron chi connectivity index (χ1n) is 13.6. The van der Waals surface area contributed by atoms with Crippen LogP contribution in [0.5, 0.6) is 0 Å². The SMILES string of the molecule is O=C(N1CC2(CC(n3cnc(C4(O)CC4)n3)C2)C1)N1CC2(CCN(Cc3ccc(S(=O)(=O)C(F)(F)F)cc3)C2)C1. The zero-order valence-electron chi connectivity index (χ0n) is 21.8. The number of aromatic nitrogens is 3. The maximum absolute atomic E-state index is 13.1. The minimum atomic E-state index is -5.35. The van der Waals surface area contributed by atoms with E-state index in [-0.39, 0.29) is 22.9 Å². The second kappa shape index (κ2) is 8.41. The van der Waals surface area contributed by atoms with Crippen LogP contribution in [0, 0.1) is 10.8 Å². The second-order valence-corrected chi connectivity index (χ2v) is 14.6. The second-order valence-electron chi connectivity index (χ2n) is 12.7. The number of nitrogens with zero attached hydrogens (tertiary/aromatic N) is 6. The smallest absolute Gasteiger partial charge is 0.382 e. The Morgan fingerprint density at radius 1 is 0.975 bits per heavy atom. The van der Waals surface area contributed by atoms with Crippen molar-refractivity contribution in [3.8, 4) is 0 Å². The van der Waals surface area contributed by atoms with E-state index in [2.05, 4.69) is 15.0 Å². The lowest BCUT2D eigenvalue weighted by Gasteiger charge is -2.60. The summed E-state index contributed by atoms with van der Waals surface area (Å²) in [6.45, 7) is 5.03. The predicted molar refractivity (Wildman–Crippen MR) is 134 cm³/mol. The van der Waals surface area contributed by atoms with Crippen LogP contribution in [0.1, 0.15) is 49.5 Å². The van der Waals surface area contributed by atoms with Crippen molar-refractivity contribution in [1.82, 2.24) is 29.5 Å². The molecule has 7 rings (SSSR count). The van der Waals surface area contributed by atoms with Gasteiger partial charge in [-0.1, -0.05) is 12.1 Å². The number of sulfone groups is 1. The highest BCUT2D eigenvalue weighted by molar-refractivity contribution is 7.92. The quantitative estimate of drug-likeness (QED) is 0.579. The van der Waals surface area contributed by atoms with Gasteiger partial charge in [-0.2, -0.15) is 18.3 Å². The third-order valence-corrected chi connectivity index (χ3v) is 11.0. The highest BCUT2D eigenvalue weighted by Crippen LogP contribution is 2.55. The van der Waals surface area contributed by atoms with Gasteiger partial charge in [-0.3, -0.25) is 4.90 Å². The van der Waals surface area contributed by atoms with Gasteiger partial charge in [-0.05, 0) is 56.3 Å². The molecule has 14 heteroatoms. The van der Waals surface area contributed by atoms with Crippen molar-refractivity contribution in [1.29, 1.82) is 0 Å². The van der Waals surface area contributed by atoms with Crippen LogP contribution in [-0.2, 0) is 22.0 Å². The van der Waals surface area contributed by atoms with Crippen molar-refractivity contribution in [2.45, 2.75) is 60.7 Å². The number of urea groups is 1. The fraction of sp³-hybridized carbons (Fsp3) is 0.654. The number of hydrogen-bond donors (Lipinski definition) is 1. The van der Waals surface area contributed by atoms with Gasteiger partial charge in [-0.15, -0.1) is 0 Å². The maximum atomic E-state index is 13.1. The molecule has 1 aromatic carbocycles. The Morgan fingerprint density at radius 3 is 2.20 bits per heavy atom. The zero-order valence-corrected chi connectivity index (χ0v) is 22.7. The lowest BCUT2D eigenvalue weighted by Crippen LogP contribution is -2.69. The van der Waals surface area contributed by atoms with Crippen molar-refractivity contribution >= 4 is 15.9 Å². The first-order valence-corrected chi connectivity index (χ1v) is 15.1. The standard InChI is InChI=1S/C26H31F3N6O4S/c27-26(28,29)40(38,39)20-3-1-18(2-4-20)11-32-8-7-23(12-32)13-33(14-23)22(36)34-15-24(16-34)9-19(10-24)35-17-30-21(31-35)25(37)5-6-25/h1-4,17,19,37H,5-16H2. The molecule has 3 saturated heterocycles. The first kappa shape index (κ1) is 26.2. The molecule has 40 heavy (non-hydrogen) atoms. The number of carbonyl (C=O) groups excluding carboxylic acids is 1. The normalized spacial score (nSPS) is 25.1. The summed E-state index contributed by atoms with van der Waals surface area (Å²) in [5, 5.41) is 14.7. The van der Waals surface area contributed by atoms with Crippen LogP contribution in [0.25, 0.3) is 0 Å². The van der Waals surface area contributed by atoms with Crippen LogP contribution < -0.4 is 0 Å². The monoisotopic (exact) mass is 580 g/mol. The van der Waals surface area contributed by atoms with Crippen molar-refractivity contribution < 1.29 is 31.5 Å². The van der Waals surface area contributed by atoms with Crippen LogP contribution in [0.3, 0.4) is 0 Å². The van der Waals surface area contributed by atoms with E-state index in [1.807, 2.05) is 14.5 Å². The molecule has 3 aliphatic heterocycles. The third kappa shape index (κ3) is 4.21. The number of halogens is 3.